The smallest absolute Gasteiger partial charge is 0.327 e. The number of rotatable bonds is 10. The van der Waals surface area contributed by atoms with E-state index in [-0.39, 0.29) is 5.97 Å². The maximum absolute atomic E-state index is 12.7. The Hall–Kier alpha value is -0.650. The van der Waals surface area contributed by atoms with Crippen molar-refractivity contribution in [3.63, 3.8) is 0 Å². The molecule has 0 amide bonds. The molecule has 1 unspecified atom stereocenters. The van der Waals surface area contributed by atoms with Gasteiger partial charge in [-0.25, -0.2) is 4.79 Å². The molecule has 0 heterocycles. The molecule has 0 saturated heterocycles. The van der Waals surface area contributed by atoms with Crippen LogP contribution in [-0.4, -0.2) is 74.7 Å². The molecule has 122 valence electrons. The summed E-state index contributed by atoms with van der Waals surface area (Å²) in [4.78, 5) is 17.1. The van der Waals surface area contributed by atoms with Crippen LogP contribution >= 0.6 is 0 Å². The summed E-state index contributed by atoms with van der Waals surface area (Å²) in [5.74, 6) is 0.398. The third-order valence-electron chi connectivity index (χ3n) is 4.40. The van der Waals surface area contributed by atoms with Gasteiger partial charge in [0, 0.05) is 25.7 Å². The third-order valence-corrected chi connectivity index (χ3v) is 4.40. The molecule has 2 fully saturated rings. The predicted octanol–water partition coefficient (Wildman–Crippen LogP) is 0.944. The van der Waals surface area contributed by atoms with Crippen LogP contribution in [-0.2, 0) is 9.53 Å². The molecule has 0 aromatic rings. The predicted molar refractivity (Wildman–Crippen MR) is 84.3 cm³/mol. The van der Waals surface area contributed by atoms with Crippen molar-refractivity contribution in [2.24, 2.45) is 5.92 Å². The van der Waals surface area contributed by atoms with Gasteiger partial charge >= 0.3 is 5.97 Å². The molecule has 21 heavy (non-hydrogen) atoms. The molecule has 0 spiro atoms. The first-order valence-electron chi connectivity index (χ1n) is 8.26. The van der Waals surface area contributed by atoms with Gasteiger partial charge in [0.1, 0.15) is 5.54 Å². The Labute approximate surface area is 129 Å². The van der Waals surface area contributed by atoms with Crippen LogP contribution in [0.5, 0.6) is 0 Å². The first-order chi connectivity index (χ1) is 9.98. The summed E-state index contributed by atoms with van der Waals surface area (Å²) in [6, 6.07) is 0.511. The Balaban J connectivity index is 2.03. The van der Waals surface area contributed by atoms with Crippen molar-refractivity contribution in [2.75, 3.05) is 47.4 Å². The number of ether oxygens (including phenoxy) is 1. The fourth-order valence-electron chi connectivity index (χ4n) is 2.89. The largest absolute Gasteiger partial charge is 0.465 e. The van der Waals surface area contributed by atoms with E-state index < -0.39 is 5.54 Å². The minimum atomic E-state index is -0.488. The lowest BCUT2D eigenvalue weighted by Gasteiger charge is -2.36. The van der Waals surface area contributed by atoms with Crippen molar-refractivity contribution in [1.29, 1.82) is 0 Å². The minimum absolute atomic E-state index is 0.0453. The zero-order valence-corrected chi connectivity index (χ0v) is 14.0. The van der Waals surface area contributed by atoms with E-state index in [9.17, 15) is 4.79 Å². The topological polar surface area (TPSA) is 44.8 Å². The second-order valence-corrected chi connectivity index (χ2v) is 6.93. The van der Waals surface area contributed by atoms with Crippen molar-refractivity contribution in [2.45, 2.75) is 44.2 Å². The molecule has 2 saturated carbocycles. The second-order valence-electron chi connectivity index (χ2n) is 6.93. The molecule has 0 aromatic carbocycles. The number of nitrogens with one attached hydrogen (secondary N) is 1. The minimum Gasteiger partial charge on any atom is -0.465 e. The number of likely N-dealkylation sites (N-methyl/N-ethyl adjacent to an activating group) is 2. The average molecular weight is 297 g/mol. The number of hydrogen-bond donors (Lipinski definition) is 1. The van der Waals surface area contributed by atoms with Crippen LogP contribution in [0, 0.1) is 5.92 Å². The highest BCUT2D eigenvalue weighted by molar-refractivity contribution is 5.82. The first kappa shape index (κ1) is 16.7. The van der Waals surface area contributed by atoms with Gasteiger partial charge in [-0.1, -0.05) is 0 Å². The van der Waals surface area contributed by atoms with E-state index in [1.165, 1.54) is 12.8 Å². The lowest BCUT2D eigenvalue weighted by atomic mass is 9.92. The molecule has 5 heteroatoms. The number of carbonyl (C=O) groups excluding carboxylic acids is 1. The van der Waals surface area contributed by atoms with E-state index in [0.29, 0.717) is 18.6 Å². The van der Waals surface area contributed by atoms with Crippen molar-refractivity contribution >= 4 is 5.97 Å². The maximum Gasteiger partial charge on any atom is 0.327 e. The summed E-state index contributed by atoms with van der Waals surface area (Å²) in [7, 11) is 6.26. The molecule has 2 aliphatic rings. The molecule has 0 aromatic heterocycles. The van der Waals surface area contributed by atoms with Gasteiger partial charge in [0.2, 0.25) is 0 Å². The SMILES string of the molecule is CCOC(=O)C(CN(C)CCN(C)C)(NC1CC1)C1CC1. The van der Waals surface area contributed by atoms with Crippen LogP contribution in [0.2, 0.25) is 0 Å². The van der Waals surface area contributed by atoms with Crippen LogP contribution in [0.15, 0.2) is 0 Å². The lowest BCUT2D eigenvalue weighted by molar-refractivity contribution is -0.153. The van der Waals surface area contributed by atoms with Crippen molar-refractivity contribution < 1.29 is 9.53 Å². The quantitative estimate of drug-likeness (QED) is 0.608. The van der Waals surface area contributed by atoms with Gasteiger partial charge in [0.05, 0.1) is 6.61 Å². The molecule has 2 aliphatic carbocycles. The zero-order valence-electron chi connectivity index (χ0n) is 14.0. The first-order valence-corrected chi connectivity index (χ1v) is 8.26. The maximum atomic E-state index is 12.7. The fourth-order valence-corrected chi connectivity index (χ4v) is 2.89. The molecule has 0 bridgehead atoms. The highest BCUT2D eigenvalue weighted by Crippen LogP contribution is 2.42. The van der Waals surface area contributed by atoms with Gasteiger partial charge in [0.25, 0.3) is 0 Å². The molecular formula is C16H31N3O2. The highest BCUT2D eigenvalue weighted by atomic mass is 16.5. The standard InChI is InChI=1S/C16H31N3O2/c1-5-21-15(20)16(13-6-7-13,17-14-8-9-14)12-19(4)11-10-18(2)3/h13-14,17H,5-12H2,1-4H3. The monoisotopic (exact) mass is 297 g/mol. The van der Waals surface area contributed by atoms with E-state index in [1.54, 1.807) is 0 Å². The van der Waals surface area contributed by atoms with Gasteiger partial charge in [-0.2, -0.15) is 0 Å². The van der Waals surface area contributed by atoms with Crippen molar-refractivity contribution in [3.8, 4) is 0 Å². The van der Waals surface area contributed by atoms with Gasteiger partial charge < -0.3 is 14.5 Å². The molecular weight excluding hydrogens is 266 g/mol. The molecule has 2 rings (SSSR count). The molecule has 1 N–H and O–H groups in total. The summed E-state index contributed by atoms with van der Waals surface area (Å²) in [6.07, 6.45) is 4.66. The van der Waals surface area contributed by atoms with E-state index >= 15 is 0 Å². The normalized spacial score (nSPS) is 21.6. The highest BCUT2D eigenvalue weighted by Gasteiger charge is 2.54. The Kier molecular flexibility index (Phi) is 5.63. The number of carbonyl (C=O) groups is 1. The van der Waals surface area contributed by atoms with E-state index in [1.807, 2.05) is 6.92 Å². The number of hydrogen-bond acceptors (Lipinski definition) is 5. The fraction of sp³-hybridized carbons (Fsp3) is 0.938. The summed E-state index contributed by atoms with van der Waals surface area (Å²) in [5, 5.41) is 3.64. The number of esters is 1. The Morgan fingerprint density at radius 1 is 1.19 bits per heavy atom. The van der Waals surface area contributed by atoms with Crippen molar-refractivity contribution in [3.05, 3.63) is 0 Å². The second kappa shape index (κ2) is 7.07. The van der Waals surface area contributed by atoms with E-state index in [4.69, 9.17) is 4.74 Å². The average Bonchev–Trinajstić information content (AvgIpc) is 3.27. The van der Waals surface area contributed by atoms with Crippen LogP contribution < -0.4 is 5.32 Å². The van der Waals surface area contributed by atoms with Gasteiger partial charge in [-0.3, -0.25) is 5.32 Å². The van der Waals surface area contributed by atoms with Crippen LogP contribution in [0.25, 0.3) is 0 Å². The molecule has 0 aliphatic heterocycles. The van der Waals surface area contributed by atoms with Crippen LogP contribution in [0.3, 0.4) is 0 Å². The van der Waals surface area contributed by atoms with Gasteiger partial charge in [0.15, 0.2) is 0 Å². The zero-order chi connectivity index (χ0) is 15.5. The Morgan fingerprint density at radius 3 is 2.33 bits per heavy atom. The summed E-state index contributed by atoms with van der Waals surface area (Å²) < 4.78 is 5.43. The Morgan fingerprint density at radius 2 is 1.86 bits per heavy atom. The van der Waals surface area contributed by atoms with Crippen LogP contribution in [0.4, 0.5) is 0 Å². The lowest BCUT2D eigenvalue weighted by Crippen LogP contribution is -2.62. The van der Waals surface area contributed by atoms with Crippen molar-refractivity contribution in [1.82, 2.24) is 15.1 Å². The van der Waals surface area contributed by atoms with E-state index in [0.717, 1.165) is 32.5 Å². The van der Waals surface area contributed by atoms with Crippen LogP contribution in [0.1, 0.15) is 32.6 Å². The van der Waals surface area contributed by atoms with Gasteiger partial charge in [-0.15, -0.1) is 0 Å². The molecule has 0 radical (unpaired) electrons. The summed E-state index contributed by atoms with van der Waals surface area (Å²) in [5.41, 5.74) is -0.488. The van der Waals surface area contributed by atoms with Gasteiger partial charge in [-0.05, 0) is 59.7 Å². The third kappa shape index (κ3) is 4.66. The summed E-state index contributed by atoms with van der Waals surface area (Å²) >= 11 is 0. The number of nitrogens with zero attached hydrogens (tertiary/aromatic N) is 2. The molecule has 1 atom stereocenters. The Bertz CT molecular complexity index is 353. The molecule has 5 nitrogen and oxygen atoms in total. The summed E-state index contributed by atoms with van der Waals surface area (Å²) in [6.45, 7) is 5.07. The van der Waals surface area contributed by atoms with E-state index in [2.05, 4.69) is 36.3 Å².